The summed E-state index contributed by atoms with van der Waals surface area (Å²) in [5.74, 6) is 0.545. The van der Waals surface area contributed by atoms with Crippen LogP contribution in [0.4, 0.5) is 0 Å². The summed E-state index contributed by atoms with van der Waals surface area (Å²) in [4.78, 5) is 4.66. The Morgan fingerprint density at radius 3 is 2.38 bits per heavy atom. The number of hydrogen-bond acceptors (Lipinski definition) is 2. The molecule has 1 rings (SSSR count). The molecule has 0 radical (unpaired) electrons. The van der Waals surface area contributed by atoms with Gasteiger partial charge in [0, 0.05) is 17.0 Å². The predicted molar refractivity (Wildman–Crippen MR) is 96.4 cm³/mol. The monoisotopic (exact) mass is 290 g/mol. The van der Waals surface area contributed by atoms with E-state index in [1.165, 1.54) is 0 Å². The van der Waals surface area contributed by atoms with Crippen LogP contribution >= 0.6 is 0 Å². The Balaban J connectivity index is 0.00000191. The van der Waals surface area contributed by atoms with Crippen molar-refractivity contribution in [3.05, 3.63) is 35.7 Å². The largest absolute Gasteiger partial charge is 0.397 e. The van der Waals surface area contributed by atoms with Crippen LogP contribution in [-0.4, -0.2) is 6.21 Å². The molecule has 1 unspecified atom stereocenters. The number of nitrogens with zero attached hydrogens (tertiary/aromatic N) is 1. The summed E-state index contributed by atoms with van der Waals surface area (Å²) < 4.78 is 0. The van der Waals surface area contributed by atoms with Crippen LogP contribution in [0.15, 0.2) is 40.7 Å². The number of aliphatic imine (C=N–C) groups is 1. The Kier molecular flexibility index (Phi) is 7.70. The van der Waals surface area contributed by atoms with Gasteiger partial charge in [-0.2, -0.15) is 0 Å². The van der Waals surface area contributed by atoms with E-state index in [1.807, 2.05) is 32.2 Å². The summed E-state index contributed by atoms with van der Waals surface area (Å²) >= 11 is 0. The van der Waals surface area contributed by atoms with Crippen LogP contribution in [0.3, 0.4) is 0 Å². The maximum absolute atomic E-state index is 6.09. The fourth-order valence-corrected chi connectivity index (χ4v) is 1.62. The number of hydrogen-bond donors (Lipinski definition) is 1. The third-order valence-corrected chi connectivity index (χ3v) is 4.30. The lowest BCUT2D eigenvalue weighted by atomic mass is 9.82. The highest BCUT2D eigenvalue weighted by atomic mass is 14.8. The van der Waals surface area contributed by atoms with Crippen LogP contribution in [0.1, 0.15) is 61.8 Å². The van der Waals surface area contributed by atoms with Gasteiger partial charge in [-0.05, 0) is 24.5 Å². The van der Waals surface area contributed by atoms with Crippen LogP contribution in [0.25, 0.3) is 0 Å². The van der Waals surface area contributed by atoms with Crippen LogP contribution in [0, 0.1) is 16.7 Å². The van der Waals surface area contributed by atoms with E-state index in [-0.39, 0.29) is 10.8 Å². The lowest BCUT2D eigenvalue weighted by Crippen LogP contribution is -2.21. The number of rotatable bonds is 4. The Bertz CT molecular complexity index is 436. The van der Waals surface area contributed by atoms with Crippen molar-refractivity contribution < 1.29 is 0 Å². The Morgan fingerprint density at radius 1 is 1.33 bits per heavy atom. The Labute approximate surface area is 131 Å². The smallest absolute Gasteiger partial charge is 0.0823 e. The highest BCUT2D eigenvalue weighted by Crippen LogP contribution is 2.31. The average Bonchev–Trinajstić information content (AvgIpc) is 2.59. The fraction of sp³-hybridized carbons (Fsp3) is 0.632. The topological polar surface area (TPSA) is 38.4 Å². The maximum Gasteiger partial charge on any atom is 0.0823 e. The second-order valence-corrected chi connectivity index (χ2v) is 6.60. The van der Waals surface area contributed by atoms with Gasteiger partial charge < -0.3 is 5.73 Å². The minimum absolute atomic E-state index is 0.0340. The lowest BCUT2D eigenvalue weighted by molar-refractivity contribution is 0.373. The summed E-state index contributed by atoms with van der Waals surface area (Å²) in [6.07, 6.45) is 11.4. The molecule has 1 atom stereocenters. The van der Waals surface area contributed by atoms with Gasteiger partial charge in [0.15, 0.2) is 0 Å². The Morgan fingerprint density at radius 2 is 1.90 bits per heavy atom. The molecular formula is C19H34N2. The SMILES string of the molecule is CC.CCC1(C)C=CC=C(N)C(N=CC(C)(C)C(C)C)=C1. The number of nitrogens with two attached hydrogens (primary N) is 1. The molecule has 0 spiro atoms. The molecule has 0 heterocycles. The summed E-state index contributed by atoms with van der Waals surface area (Å²) in [6, 6.07) is 0. The first-order valence-electron chi connectivity index (χ1n) is 8.13. The normalized spacial score (nSPS) is 22.5. The van der Waals surface area contributed by atoms with E-state index in [2.05, 4.69) is 58.7 Å². The molecule has 1 aliphatic rings. The van der Waals surface area contributed by atoms with Crippen molar-refractivity contribution in [2.24, 2.45) is 27.5 Å². The van der Waals surface area contributed by atoms with Crippen LogP contribution < -0.4 is 5.73 Å². The zero-order valence-electron chi connectivity index (χ0n) is 15.2. The first kappa shape index (κ1) is 19.7. The predicted octanol–water partition coefficient (Wildman–Crippen LogP) is 5.48. The van der Waals surface area contributed by atoms with Crippen molar-refractivity contribution in [1.29, 1.82) is 0 Å². The van der Waals surface area contributed by atoms with Gasteiger partial charge >= 0.3 is 0 Å². The van der Waals surface area contributed by atoms with E-state index in [0.29, 0.717) is 5.92 Å². The van der Waals surface area contributed by atoms with Gasteiger partial charge in [0.25, 0.3) is 0 Å². The summed E-state index contributed by atoms with van der Waals surface area (Å²) in [7, 11) is 0. The van der Waals surface area contributed by atoms with Crippen molar-refractivity contribution in [3.8, 4) is 0 Å². The van der Waals surface area contributed by atoms with Crippen molar-refractivity contribution >= 4 is 6.21 Å². The molecule has 0 aromatic carbocycles. The summed E-state index contributed by atoms with van der Waals surface area (Å²) in [5.41, 5.74) is 7.83. The van der Waals surface area contributed by atoms with E-state index in [0.717, 1.165) is 17.8 Å². The second kappa shape index (κ2) is 8.21. The first-order valence-corrected chi connectivity index (χ1v) is 8.13. The molecule has 2 N–H and O–H groups in total. The van der Waals surface area contributed by atoms with E-state index < -0.39 is 0 Å². The quantitative estimate of drug-likeness (QED) is 0.684. The zero-order chi connectivity index (χ0) is 16.7. The number of allylic oxidation sites excluding steroid dienone is 4. The zero-order valence-corrected chi connectivity index (χ0v) is 15.2. The molecule has 0 aliphatic heterocycles. The summed E-state index contributed by atoms with van der Waals surface area (Å²) in [5, 5.41) is 0. The molecule has 2 nitrogen and oxygen atoms in total. The van der Waals surface area contributed by atoms with Crippen LogP contribution in [0.5, 0.6) is 0 Å². The van der Waals surface area contributed by atoms with Crippen LogP contribution in [0.2, 0.25) is 0 Å². The highest BCUT2D eigenvalue weighted by Gasteiger charge is 2.22. The third-order valence-electron chi connectivity index (χ3n) is 4.30. The van der Waals surface area contributed by atoms with Gasteiger partial charge in [-0.25, -0.2) is 0 Å². The molecule has 0 saturated heterocycles. The van der Waals surface area contributed by atoms with E-state index in [1.54, 1.807) is 0 Å². The molecule has 2 heteroatoms. The second-order valence-electron chi connectivity index (χ2n) is 6.60. The van der Waals surface area contributed by atoms with Gasteiger partial charge in [0.2, 0.25) is 0 Å². The van der Waals surface area contributed by atoms with Crippen molar-refractivity contribution in [1.82, 2.24) is 0 Å². The molecule has 1 aliphatic carbocycles. The molecule has 0 bridgehead atoms. The molecule has 21 heavy (non-hydrogen) atoms. The van der Waals surface area contributed by atoms with Gasteiger partial charge in [0.1, 0.15) is 0 Å². The molecule has 0 amide bonds. The van der Waals surface area contributed by atoms with Crippen molar-refractivity contribution in [2.75, 3.05) is 0 Å². The van der Waals surface area contributed by atoms with Crippen molar-refractivity contribution in [2.45, 2.75) is 61.8 Å². The van der Waals surface area contributed by atoms with Gasteiger partial charge in [-0.3, -0.25) is 4.99 Å². The molecule has 120 valence electrons. The highest BCUT2D eigenvalue weighted by molar-refractivity contribution is 5.67. The molecule has 0 fully saturated rings. The molecule has 0 saturated carbocycles. The van der Waals surface area contributed by atoms with E-state index in [4.69, 9.17) is 5.73 Å². The molecular weight excluding hydrogens is 256 g/mol. The minimum Gasteiger partial charge on any atom is -0.397 e. The van der Waals surface area contributed by atoms with Gasteiger partial charge in [-0.1, -0.05) is 67.5 Å². The van der Waals surface area contributed by atoms with Crippen molar-refractivity contribution in [3.63, 3.8) is 0 Å². The molecule has 0 aromatic rings. The standard InChI is InChI=1S/C17H28N2.C2H6/c1-7-17(6)10-8-9-14(18)15(11-17)19-12-16(4,5)13(2)3;1-2/h8-13H,7,18H2,1-6H3;1-2H3. The van der Waals surface area contributed by atoms with Gasteiger partial charge in [0.05, 0.1) is 11.4 Å². The minimum atomic E-state index is 0.0340. The van der Waals surface area contributed by atoms with Gasteiger partial charge in [-0.15, -0.1) is 0 Å². The fourth-order valence-electron chi connectivity index (χ4n) is 1.62. The molecule has 0 aromatic heterocycles. The van der Waals surface area contributed by atoms with E-state index >= 15 is 0 Å². The lowest BCUT2D eigenvalue weighted by Gasteiger charge is -2.24. The van der Waals surface area contributed by atoms with E-state index in [9.17, 15) is 0 Å². The van der Waals surface area contributed by atoms with Crippen LogP contribution in [-0.2, 0) is 0 Å². The summed E-state index contributed by atoms with van der Waals surface area (Å²) in [6.45, 7) is 17.2. The maximum atomic E-state index is 6.09. The first-order chi connectivity index (χ1) is 9.70. The Hall–Kier alpha value is -1.31. The third kappa shape index (κ3) is 5.91. The average molecular weight is 290 g/mol.